The Morgan fingerprint density at radius 1 is 1.35 bits per heavy atom. The van der Waals surface area contributed by atoms with Gasteiger partial charge in [-0.15, -0.1) is 0 Å². The van der Waals surface area contributed by atoms with Crippen molar-refractivity contribution in [1.29, 1.82) is 0 Å². The highest BCUT2D eigenvalue weighted by molar-refractivity contribution is 7.92. The lowest BCUT2D eigenvalue weighted by atomic mass is 10.1. The Balaban J connectivity index is 1.93. The van der Waals surface area contributed by atoms with Crippen molar-refractivity contribution in [3.8, 4) is 0 Å². The van der Waals surface area contributed by atoms with E-state index in [1.54, 1.807) is 13.8 Å². The zero-order chi connectivity index (χ0) is 14.8. The first kappa shape index (κ1) is 15.0. The Bertz CT molecular complexity index is 567. The minimum atomic E-state index is -3.34. The average molecular weight is 299 g/mol. The summed E-state index contributed by atoms with van der Waals surface area (Å²) >= 11 is 0. The fourth-order valence-corrected chi connectivity index (χ4v) is 4.35. The van der Waals surface area contributed by atoms with Crippen LogP contribution in [-0.4, -0.2) is 36.0 Å². The summed E-state index contributed by atoms with van der Waals surface area (Å²) in [6.07, 6.45) is 4.11. The van der Waals surface area contributed by atoms with E-state index in [2.05, 4.69) is 15.5 Å². The van der Waals surface area contributed by atoms with Crippen LogP contribution in [0.15, 0.2) is 0 Å². The summed E-state index contributed by atoms with van der Waals surface area (Å²) in [5.41, 5.74) is 1.96. The normalized spacial score (nSPS) is 16.5. The molecule has 2 rings (SSSR count). The van der Waals surface area contributed by atoms with E-state index >= 15 is 0 Å². The van der Waals surface area contributed by atoms with Crippen LogP contribution in [0.5, 0.6) is 0 Å². The van der Waals surface area contributed by atoms with E-state index in [0.717, 1.165) is 31.4 Å². The number of aryl methyl sites for hydroxylation is 2. The van der Waals surface area contributed by atoms with Crippen molar-refractivity contribution >= 4 is 21.4 Å². The van der Waals surface area contributed by atoms with Crippen LogP contribution in [0.2, 0.25) is 0 Å². The lowest BCUT2D eigenvalue weighted by Gasteiger charge is -2.10. The maximum Gasteiger partial charge on any atom is 0.239 e. The molecule has 0 bridgehead atoms. The highest BCUT2D eigenvalue weighted by Gasteiger charge is 2.25. The van der Waals surface area contributed by atoms with E-state index in [1.807, 2.05) is 0 Å². The summed E-state index contributed by atoms with van der Waals surface area (Å²) in [6.45, 7) is 3.54. The van der Waals surface area contributed by atoms with E-state index in [-0.39, 0.29) is 11.7 Å². The third kappa shape index (κ3) is 3.82. The third-order valence-corrected chi connectivity index (χ3v) is 5.39. The number of carbonyl (C=O) groups excluding carboxylic acids is 1. The van der Waals surface area contributed by atoms with Crippen molar-refractivity contribution in [2.45, 2.75) is 39.5 Å². The van der Waals surface area contributed by atoms with Gasteiger partial charge in [0.25, 0.3) is 0 Å². The predicted molar refractivity (Wildman–Crippen MR) is 77.3 cm³/mol. The molecule has 0 unspecified atom stereocenters. The van der Waals surface area contributed by atoms with E-state index in [1.165, 1.54) is 0 Å². The number of H-pyrrole nitrogens is 1. The fourth-order valence-electron chi connectivity index (χ4n) is 2.71. The van der Waals surface area contributed by atoms with Gasteiger partial charge < -0.3 is 5.32 Å². The van der Waals surface area contributed by atoms with Gasteiger partial charge in [-0.2, -0.15) is 5.10 Å². The molecule has 1 heterocycles. The second kappa shape index (κ2) is 5.95. The number of rotatable bonds is 5. The quantitative estimate of drug-likeness (QED) is 0.863. The van der Waals surface area contributed by atoms with Crippen LogP contribution in [0.25, 0.3) is 0 Å². The standard InChI is InChI=1S/C13H21N3O3S/c1-9-13(10(2)16-15-9)14-12(17)8-20(18,19)7-11-5-3-4-6-11/h11H,3-8H2,1-2H3,(H,14,17)(H,15,16). The fraction of sp³-hybridized carbons (Fsp3) is 0.692. The number of nitrogens with one attached hydrogen (secondary N) is 2. The Hall–Kier alpha value is -1.37. The smallest absolute Gasteiger partial charge is 0.239 e. The van der Waals surface area contributed by atoms with Gasteiger partial charge in [0.1, 0.15) is 5.75 Å². The number of amides is 1. The minimum Gasteiger partial charge on any atom is -0.322 e. The van der Waals surface area contributed by atoms with Crippen LogP contribution in [0.3, 0.4) is 0 Å². The zero-order valence-electron chi connectivity index (χ0n) is 11.9. The van der Waals surface area contributed by atoms with Gasteiger partial charge in [-0.05, 0) is 32.6 Å². The molecule has 0 aliphatic heterocycles. The largest absolute Gasteiger partial charge is 0.322 e. The molecule has 1 aromatic heterocycles. The molecule has 0 atom stereocenters. The molecular weight excluding hydrogens is 278 g/mol. The number of anilines is 1. The van der Waals surface area contributed by atoms with Gasteiger partial charge in [0.2, 0.25) is 5.91 Å². The maximum absolute atomic E-state index is 12.0. The lowest BCUT2D eigenvalue weighted by Crippen LogP contribution is -2.27. The summed E-state index contributed by atoms with van der Waals surface area (Å²) in [7, 11) is -3.34. The van der Waals surface area contributed by atoms with Crippen molar-refractivity contribution in [3.05, 3.63) is 11.4 Å². The van der Waals surface area contributed by atoms with Crippen molar-refractivity contribution in [3.63, 3.8) is 0 Å². The molecule has 1 fully saturated rings. The lowest BCUT2D eigenvalue weighted by molar-refractivity contribution is -0.113. The maximum atomic E-state index is 12.0. The number of sulfone groups is 1. The number of hydrogen-bond acceptors (Lipinski definition) is 4. The number of nitrogens with zero attached hydrogens (tertiary/aromatic N) is 1. The van der Waals surface area contributed by atoms with Crippen LogP contribution in [0.4, 0.5) is 5.69 Å². The summed E-state index contributed by atoms with van der Waals surface area (Å²) in [4.78, 5) is 11.9. The Kier molecular flexibility index (Phi) is 4.47. The summed E-state index contributed by atoms with van der Waals surface area (Å²) in [5.74, 6) is -0.585. The first-order valence-corrected chi connectivity index (χ1v) is 8.71. The van der Waals surface area contributed by atoms with E-state index in [9.17, 15) is 13.2 Å². The van der Waals surface area contributed by atoms with Crippen molar-refractivity contribution < 1.29 is 13.2 Å². The number of carbonyl (C=O) groups is 1. The molecular formula is C13H21N3O3S. The van der Waals surface area contributed by atoms with E-state index in [4.69, 9.17) is 0 Å². The van der Waals surface area contributed by atoms with Gasteiger partial charge in [0, 0.05) is 0 Å². The van der Waals surface area contributed by atoms with Gasteiger partial charge in [0.15, 0.2) is 9.84 Å². The van der Waals surface area contributed by atoms with Crippen LogP contribution in [-0.2, 0) is 14.6 Å². The van der Waals surface area contributed by atoms with Gasteiger partial charge in [-0.25, -0.2) is 8.42 Å². The topological polar surface area (TPSA) is 91.9 Å². The van der Waals surface area contributed by atoms with Crippen LogP contribution < -0.4 is 5.32 Å². The molecule has 20 heavy (non-hydrogen) atoms. The Morgan fingerprint density at radius 2 is 2.00 bits per heavy atom. The Morgan fingerprint density at radius 3 is 2.55 bits per heavy atom. The second-order valence-corrected chi connectivity index (χ2v) is 7.67. The molecule has 1 amide bonds. The average Bonchev–Trinajstić information content (AvgIpc) is 2.93. The molecule has 6 nitrogen and oxygen atoms in total. The molecule has 0 saturated heterocycles. The molecule has 1 saturated carbocycles. The molecule has 2 N–H and O–H groups in total. The predicted octanol–water partition coefficient (Wildman–Crippen LogP) is 1.57. The molecule has 0 aromatic carbocycles. The highest BCUT2D eigenvalue weighted by atomic mass is 32.2. The van der Waals surface area contributed by atoms with Crippen molar-refractivity contribution in [2.75, 3.05) is 16.8 Å². The SMILES string of the molecule is Cc1n[nH]c(C)c1NC(=O)CS(=O)(=O)CC1CCCC1. The van der Waals surface area contributed by atoms with Crippen LogP contribution in [0, 0.1) is 19.8 Å². The second-order valence-electron chi connectivity index (χ2n) is 5.56. The molecule has 112 valence electrons. The summed E-state index contributed by atoms with van der Waals surface area (Å²) < 4.78 is 24.0. The molecule has 7 heteroatoms. The highest BCUT2D eigenvalue weighted by Crippen LogP contribution is 2.26. The number of hydrogen-bond donors (Lipinski definition) is 2. The van der Waals surface area contributed by atoms with Gasteiger partial charge in [-0.3, -0.25) is 9.89 Å². The Labute approximate surface area is 119 Å². The monoisotopic (exact) mass is 299 g/mol. The summed E-state index contributed by atoms with van der Waals surface area (Å²) in [5, 5.41) is 9.34. The number of aromatic amines is 1. The van der Waals surface area contributed by atoms with Gasteiger partial charge in [0.05, 0.1) is 22.8 Å². The molecule has 1 aliphatic carbocycles. The van der Waals surface area contributed by atoms with Crippen molar-refractivity contribution in [2.24, 2.45) is 5.92 Å². The first-order valence-electron chi connectivity index (χ1n) is 6.89. The van der Waals surface area contributed by atoms with E-state index in [0.29, 0.717) is 11.4 Å². The molecule has 0 spiro atoms. The third-order valence-electron chi connectivity index (χ3n) is 3.71. The minimum absolute atomic E-state index is 0.129. The molecule has 1 aromatic rings. The van der Waals surface area contributed by atoms with Crippen LogP contribution in [0.1, 0.15) is 37.1 Å². The van der Waals surface area contributed by atoms with Gasteiger partial charge >= 0.3 is 0 Å². The number of aromatic nitrogens is 2. The van der Waals surface area contributed by atoms with Gasteiger partial charge in [-0.1, -0.05) is 12.8 Å². The molecule has 1 aliphatic rings. The zero-order valence-corrected chi connectivity index (χ0v) is 12.7. The van der Waals surface area contributed by atoms with Crippen molar-refractivity contribution in [1.82, 2.24) is 10.2 Å². The van der Waals surface area contributed by atoms with Crippen LogP contribution >= 0.6 is 0 Å². The molecule has 0 radical (unpaired) electrons. The first-order chi connectivity index (χ1) is 9.37. The summed E-state index contributed by atoms with van der Waals surface area (Å²) in [6, 6.07) is 0. The van der Waals surface area contributed by atoms with E-state index < -0.39 is 21.5 Å².